The molecule has 9 aromatic rings. The van der Waals surface area contributed by atoms with E-state index in [9.17, 15) is 15.0 Å². The van der Waals surface area contributed by atoms with E-state index in [4.69, 9.17) is 16.3 Å². The van der Waals surface area contributed by atoms with Gasteiger partial charge in [0.25, 0.3) is 6.01 Å². The molecule has 0 saturated heterocycles. The van der Waals surface area contributed by atoms with Gasteiger partial charge in [-0.3, -0.25) is 4.57 Å². The maximum Gasteiger partial charge on any atom is 0.337 e. The summed E-state index contributed by atoms with van der Waals surface area (Å²) in [7, 11) is 0. The molecule has 0 bridgehead atoms. The molecule has 0 amide bonds. The summed E-state index contributed by atoms with van der Waals surface area (Å²) in [5.74, 6) is 1.15. The fraction of sp³-hybridized carbons (Fsp3) is 0.196. The maximum atomic E-state index is 11.8. The van der Waals surface area contributed by atoms with Crippen LogP contribution in [0.3, 0.4) is 0 Å². The number of fused-ring (bicyclic) bond motifs is 1. The zero-order valence-corrected chi connectivity index (χ0v) is 35.2. The molecule has 0 atom stereocenters. The van der Waals surface area contributed by atoms with E-state index in [0.717, 1.165) is 69.6 Å². The van der Waals surface area contributed by atoms with Crippen molar-refractivity contribution in [2.24, 2.45) is 0 Å². The fourth-order valence-electron chi connectivity index (χ4n) is 7.46. The van der Waals surface area contributed by atoms with Crippen molar-refractivity contribution in [1.29, 1.82) is 0 Å². The van der Waals surface area contributed by atoms with Crippen molar-refractivity contribution in [3.05, 3.63) is 149 Å². The number of aromatic nitrogens is 12. The Morgan fingerprint density at radius 1 is 0.698 bits per heavy atom. The van der Waals surface area contributed by atoms with Gasteiger partial charge in [0, 0.05) is 24.1 Å². The van der Waals surface area contributed by atoms with Crippen LogP contribution in [-0.4, -0.2) is 83.1 Å². The van der Waals surface area contributed by atoms with Crippen molar-refractivity contribution in [1.82, 2.24) is 60.4 Å². The third kappa shape index (κ3) is 9.22. The first-order valence-corrected chi connectivity index (χ1v) is 20.8. The van der Waals surface area contributed by atoms with E-state index in [1.165, 1.54) is 0 Å². The molecular weight excluding hydrogens is 820 g/mol. The van der Waals surface area contributed by atoms with Gasteiger partial charge in [-0.15, -0.1) is 10.2 Å². The second-order valence-electron chi connectivity index (χ2n) is 14.5. The van der Waals surface area contributed by atoms with Crippen LogP contribution in [0, 0.1) is 0 Å². The van der Waals surface area contributed by atoms with Gasteiger partial charge in [-0.2, -0.15) is 4.98 Å². The average molecular weight is 863 g/mol. The predicted molar refractivity (Wildman–Crippen MR) is 238 cm³/mol. The molecule has 4 heterocycles. The highest BCUT2D eigenvalue weighted by Crippen LogP contribution is 2.32. The first-order chi connectivity index (χ1) is 30.9. The Labute approximate surface area is 366 Å². The van der Waals surface area contributed by atoms with E-state index < -0.39 is 5.97 Å². The fourth-order valence-corrected chi connectivity index (χ4v) is 7.72. The van der Waals surface area contributed by atoms with Gasteiger partial charge < -0.3 is 19.5 Å². The number of imidazole rings is 2. The molecular formula is C46H43ClN12O4. The number of tetrazole rings is 2. The average Bonchev–Trinajstić information content (AvgIpc) is 4.15. The molecule has 0 aliphatic carbocycles. The minimum Gasteiger partial charge on any atom is -0.478 e. The number of carboxylic acid groups (broad SMARTS) is 1. The number of carboxylic acids is 1. The van der Waals surface area contributed by atoms with Crippen LogP contribution in [0.1, 0.15) is 59.7 Å². The van der Waals surface area contributed by atoms with Crippen molar-refractivity contribution in [3.63, 3.8) is 0 Å². The SMILES string of the molecule is CCCCc1nc(Cl)c(CO)n1Cc1ccc(-c2ccccc2-c2nnn[nH]2)cc1.CCOc1nc2cccc(C(=O)O)c2n1Cc1ccc(-c2ccccc2-c2nnn[nH]2)cc1. The van der Waals surface area contributed by atoms with Crippen LogP contribution in [0.15, 0.2) is 115 Å². The van der Waals surface area contributed by atoms with Crippen LogP contribution >= 0.6 is 11.6 Å². The number of hydrogen-bond acceptors (Lipinski definition) is 11. The van der Waals surface area contributed by atoms with Gasteiger partial charge in [0.2, 0.25) is 0 Å². The standard InChI is InChI=1S/C24H20N6O3.C22H23ClN6O/c1-2-33-24-25-20-9-5-8-19(23(31)32)21(20)30(24)14-15-10-12-16(13-11-15)17-6-3-4-7-18(17)22-26-28-29-27-22;1-2-3-8-20-24-21(23)19(14-30)29(20)13-15-9-11-16(12-10-15)17-6-4-5-7-18(17)22-25-27-28-26-22/h3-13H,2,14H2,1H3,(H,31,32)(H,26,27,28,29);4-7,9-12,30H,2-3,8,13-14H2,1H3,(H,25,26,27,28). The molecule has 4 N–H and O–H groups in total. The molecule has 4 aromatic heterocycles. The lowest BCUT2D eigenvalue weighted by Crippen LogP contribution is -2.09. The Morgan fingerprint density at radius 3 is 1.75 bits per heavy atom. The van der Waals surface area contributed by atoms with Gasteiger partial charge in [-0.05, 0) is 79.7 Å². The minimum absolute atomic E-state index is 0.130. The number of aromatic carboxylic acids is 1. The number of para-hydroxylation sites is 1. The van der Waals surface area contributed by atoms with Crippen LogP contribution in [0.2, 0.25) is 5.15 Å². The van der Waals surface area contributed by atoms with Gasteiger partial charge in [0.15, 0.2) is 16.8 Å². The molecule has 0 fully saturated rings. The Bertz CT molecular complexity index is 2930. The Kier molecular flexibility index (Phi) is 13.0. The number of aliphatic hydroxyl groups excluding tert-OH is 1. The lowest BCUT2D eigenvalue weighted by atomic mass is 9.98. The second kappa shape index (κ2) is 19.4. The molecule has 0 unspecified atom stereocenters. The molecule has 0 spiro atoms. The second-order valence-corrected chi connectivity index (χ2v) is 14.8. The monoisotopic (exact) mass is 862 g/mol. The number of ether oxygens (including phenoxy) is 1. The summed E-state index contributed by atoms with van der Waals surface area (Å²) >= 11 is 6.26. The topological polar surface area (TPSA) is 211 Å². The number of nitrogens with one attached hydrogen (secondary N) is 2. The lowest BCUT2D eigenvalue weighted by molar-refractivity contribution is 0.0698. The lowest BCUT2D eigenvalue weighted by Gasteiger charge is -2.12. The van der Waals surface area contributed by atoms with Crippen molar-refractivity contribution in [3.8, 4) is 51.0 Å². The van der Waals surface area contributed by atoms with Crippen molar-refractivity contribution in [2.75, 3.05) is 6.61 Å². The molecule has 0 saturated carbocycles. The van der Waals surface area contributed by atoms with Crippen LogP contribution in [0.25, 0.3) is 56.1 Å². The summed E-state index contributed by atoms with van der Waals surface area (Å²) in [4.78, 5) is 20.8. The van der Waals surface area contributed by atoms with Gasteiger partial charge in [0.1, 0.15) is 5.82 Å². The number of aryl methyl sites for hydroxylation is 1. The Morgan fingerprint density at radius 2 is 1.25 bits per heavy atom. The van der Waals surface area contributed by atoms with Crippen LogP contribution in [-0.2, 0) is 26.1 Å². The number of benzene rings is 5. The molecule has 318 valence electrons. The molecule has 5 aromatic carbocycles. The summed E-state index contributed by atoms with van der Waals surface area (Å²) < 4.78 is 9.56. The van der Waals surface area contributed by atoms with Gasteiger partial charge >= 0.3 is 5.97 Å². The number of unbranched alkanes of at least 4 members (excludes halogenated alkanes) is 1. The summed E-state index contributed by atoms with van der Waals surface area (Å²) in [5.41, 5.74) is 10.1. The Balaban J connectivity index is 0.000000174. The maximum absolute atomic E-state index is 11.8. The minimum atomic E-state index is -1.00. The molecule has 0 radical (unpaired) electrons. The third-order valence-corrected chi connectivity index (χ3v) is 10.8. The highest BCUT2D eigenvalue weighted by Gasteiger charge is 2.20. The van der Waals surface area contributed by atoms with Gasteiger partial charge in [-0.1, -0.05) is 128 Å². The van der Waals surface area contributed by atoms with E-state index in [2.05, 4.69) is 88.5 Å². The number of H-pyrrole nitrogens is 2. The van der Waals surface area contributed by atoms with Gasteiger partial charge in [-0.25, -0.2) is 20.0 Å². The van der Waals surface area contributed by atoms with E-state index in [0.29, 0.717) is 59.2 Å². The quantitative estimate of drug-likeness (QED) is 0.0767. The van der Waals surface area contributed by atoms with Crippen molar-refractivity contribution in [2.45, 2.75) is 52.8 Å². The molecule has 16 nitrogen and oxygen atoms in total. The van der Waals surface area contributed by atoms with E-state index in [-0.39, 0.29) is 12.2 Å². The number of aliphatic hydroxyl groups is 1. The first-order valence-electron chi connectivity index (χ1n) is 20.4. The largest absolute Gasteiger partial charge is 0.478 e. The van der Waals surface area contributed by atoms with Crippen LogP contribution in [0.5, 0.6) is 6.01 Å². The number of hydrogen-bond donors (Lipinski definition) is 4. The number of rotatable bonds is 15. The van der Waals surface area contributed by atoms with Gasteiger partial charge in [0.05, 0.1) is 42.0 Å². The summed E-state index contributed by atoms with van der Waals surface area (Å²) in [6, 6.07) is 37.8. The molecule has 9 rings (SSSR count). The van der Waals surface area contributed by atoms with E-state index >= 15 is 0 Å². The number of carbonyl (C=O) groups is 1. The summed E-state index contributed by atoms with van der Waals surface area (Å²) in [5, 5.41) is 48.2. The van der Waals surface area contributed by atoms with Crippen molar-refractivity contribution < 1.29 is 19.7 Å². The zero-order valence-electron chi connectivity index (χ0n) is 34.5. The molecule has 63 heavy (non-hydrogen) atoms. The van der Waals surface area contributed by atoms with Crippen LogP contribution in [0.4, 0.5) is 0 Å². The summed E-state index contributed by atoms with van der Waals surface area (Å²) in [6.07, 6.45) is 2.95. The third-order valence-electron chi connectivity index (χ3n) is 10.5. The zero-order chi connectivity index (χ0) is 43.7. The molecule has 0 aliphatic heterocycles. The van der Waals surface area contributed by atoms with E-state index in [1.807, 2.05) is 82.8 Å². The number of halogens is 1. The first kappa shape index (κ1) is 42.1. The van der Waals surface area contributed by atoms with Crippen LogP contribution < -0.4 is 4.74 Å². The number of nitrogens with zero attached hydrogens (tertiary/aromatic N) is 10. The molecule has 17 heteroatoms. The van der Waals surface area contributed by atoms with Crippen molar-refractivity contribution >= 4 is 28.6 Å². The van der Waals surface area contributed by atoms with E-state index in [1.54, 1.807) is 18.2 Å². The highest BCUT2D eigenvalue weighted by atomic mass is 35.5. The summed E-state index contributed by atoms with van der Waals surface area (Å²) in [6.45, 7) is 5.35. The predicted octanol–water partition coefficient (Wildman–Crippen LogP) is 8.30. The Hall–Kier alpha value is -7.56. The molecule has 0 aliphatic rings. The normalized spacial score (nSPS) is 11.1. The smallest absolute Gasteiger partial charge is 0.337 e. The highest BCUT2D eigenvalue weighted by molar-refractivity contribution is 6.30. The number of aromatic amines is 2.